The number of hydrogen-bond acceptors (Lipinski definition) is 0. The van der Waals surface area contributed by atoms with Gasteiger partial charge < -0.3 is 0 Å². The third kappa shape index (κ3) is 2.34. The van der Waals surface area contributed by atoms with Crippen molar-refractivity contribution in [2.75, 3.05) is 0 Å². The summed E-state index contributed by atoms with van der Waals surface area (Å²) >= 11 is 0. The topological polar surface area (TPSA) is 0 Å². The molecule has 1 aliphatic rings. The molecule has 0 aliphatic heterocycles. The van der Waals surface area contributed by atoms with Gasteiger partial charge in [-0.25, -0.2) is 5.20 Å². The Morgan fingerprint density at radius 1 is 1.33 bits per heavy atom. The van der Waals surface area contributed by atoms with Crippen molar-refractivity contribution in [1.29, 1.82) is 0 Å². The van der Waals surface area contributed by atoms with E-state index in [2.05, 4.69) is 26.5 Å². The zero-order chi connectivity index (χ0) is 8.27. The van der Waals surface area contributed by atoms with Crippen LogP contribution in [0.15, 0.2) is 16.3 Å². The quantitative estimate of drug-likeness (QED) is 0.510. The molecular formula is C10H17NiSi-. The van der Waals surface area contributed by atoms with Gasteiger partial charge in [-0.15, -0.1) is 6.42 Å². The minimum absolute atomic E-state index is 0. The fourth-order valence-corrected chi connectivity index (χ4v) is 3.08. The standard InChI is InChI=1S/C10H17Si.Ni/c1-4-8-6-7-10(11-3)9(8)5-2;/h4-6,11H2,1-3H3;/q-1;. The molecule has 0 N–H and O–H groups in total. The summed E-state index contributed by atoms with van der Waals surface area (Å²) in [6.07, 6.45) is 7.11. The van der Waals surface area contributed by atoms with Crippen LogP contribution in [-0.4, -0.2) is 9.52 Å². The summed E-state index contributed by atoms with van der Waals surface area (Å²) < 4.78 is 0. The number of rotatable bonds is 3. The van der Waals surface area contributed by atoms with E-state index in [1.165, 1.54) is 12.8 Å². The Kier molecular flexibility index (Phi) is 5.86. The number of hydrogen-bond donors (Lipinski definition) is 0. The van der Waals surface area contributed by atoms with Gasteiger partial charge in [0.1, 0.15) is 0 Å². The molecule has 72 valence electrons. The molecule has 0 aromatic carbocycles. The Balaban J connectivity index is 0.00000121. The van der Waals surface area contributed by atoms with Crippen molar-refractivity contribution in [3.63, 3.8) is 0 Å². The van der Waals surface area contributed by atoms with E-state index in [-0.39, 0.29) is 26.0 Å². The van der Waals surface area contributed by atoms with Gasteiger partial charge >= 0.3 is 0 Å². The van der Waals surface area contributed by atoms with E-state index in [9.17, 15) is 0 Å². The van der Waals surface area contributed by atoms with E-state index in [1.54, 1.807) is 16.3 Å². The van der Waals surface area contributed by atoms with Crippen molar-refractivity contribution < 1.29 is 16.5 Å². The van der Waals surface area contributed by atoms with E-state index < -0.39 is 0 Å². The van der Waals surface area contributed by atoms with Crippen molar-refractivity contribution in [3.05, 3.63) is 22.4 Å². The summed E-state index contributed by atoms with van der Waals surface area (Å²) in [5, 5.41) is 1.62. The zero-order valence-corrected chi connectivity index (χ0v) is 10.5. The first-order valence-electron chi connectivity index (χ1n) is 4.64. The first kappa shape index (κ1) is 12.2. The molecule has 0 heterocycles. The first-order chi connectivity index (χ1) is 5.33. The smallest absolute Gasteiger partial charge is 0.0120 e. The van der Waals surface area contributed by atoms with E-state index in [0.29, 0.717) is 0 Å². The van der Waals surface area contributed by atoms with Gasteiger partial charge in [0.25, 0.3) is 0 Å². The van der Waals surface area contributed by atoms with E-state index in [4.69, 9.17) is 0 Å². The van der Waals surface area contributed by atoms with E-state index >= 15 is 0 Å². The molecule has 0 spiro atoms. The molecule has 0 radical (unpaired) electrons. The Bertz CT molecular complexity index is 204. The Labute approximate surface area is 88.3 Å². The van der Waals surface area contributed by atoms with Crippen LogP contribution in [0.25, 0.3) is 0 Å². The molecule has 0 aromatic heterocycles. The minimum atomic E-state index is 0. The van der Waals surface area contributed by atoms with Crippen LogP contribution >= 0.6 is 0 Å². The molecule has 0 saturated carbocycles. The molecule has 0 aromatic rings. The second-order valence-corrected chi connectivity index (χ2v) is 4.39. The van der Waals surface area contributed by atoms with Crippen molar-refractivity contribution in [2.24, 2.45) is 0 Å². The van der Waals surface area contributed by atoms with Crippen LogP contribution in [0.5, 0.6) is 0 Å². The van der Waals surface area contributed by atoms with Gasteiger partial charge in [0, 0.05) is 26.0 Å². The second-order valence-electron chi connectivity index (χ2n) is 2.97. The molecule has 0 saturated heterocycles. The summed E-state index contributed by atoms with van der Waals surface area (Å²) in [5.74, 6) is 0. The number of allylic oxidation sites excluding steroid dienone is 4. The molecule has 0 unspecified atom stereocenters. The Morgan fingerprint density at radius 2 is 2.00 bits per heavy atom. The van der Waals surface area contributed by atoms with Crippen LogP contribution in [0.1, 0.15) is 33.1 Å². The van der Waals surface area contributed by atoms with Crippen LogP contribution < -0.4 is 0 Å². The summed E-state index contributed by atoms with van der Waals surface area (Å²) in [6, 6.07) is 0. The van der Waals surface area contributed by atoms with Gasteiger partial charge in [-0.1, -0.05) is 33.2 Å². The predicted octanol–water partition coefficient (Wildman–Crippen LogP) is 2.41. The minimum Gasteiger partial charge on any atom is -0.274 e. The average Bonchev–Trinajstić information content (AvgIpc) is 2.45. The average molecular weight is 224 g/mol. The van der Waals surface area contributed by atoms with Crippen LogP contribution in [0.4, 0.5) is 0 Å². The summed E-state index contributed by atoms with van der Waals surface area (Å²) in [7, 11) is 0.0386. The molecule has 12 heavy (non-hydrogen) atoms. The van der Waals surface area contributed by atoms with E-state index in [0.717, 1.165) is 6.42 Å². The van der Waals surface area contributed by atoms with Crippen molar-refractivity contribution in [1.82, 2.24) is 0 Å². The Hall–Kier alpha value is 0.190. The summed E-state index contributed by atoms with van der Waals surface area (Å²) in [6.45, 7) is 6.88. The van der Waals surface area contributed by atoms with Gasteiger partial charge in [-0.3, -0.25) is 6.08 Å². The predicted molar refractivity (Wildman–Crippen MR) is 53.4 cm³/mol. The molecule has 2 heteroatoms. The zero-order valence-electron chi connectivity index (χ0n) is 8.14. The fourth-order valence-electron chi connectivity index (χ4n) is 1.78. The van der Waals surface area contributed by atoms with E-state index in [1.807, 2.05) is 0 Å². The third-order valence-electron chi connectivity index (χ3n) is 2.44. The molecule has 1 rings (SSSR count). The van der Waals surface area contributed by atoms with Gasteiger partial charge in [0.2, 0.25) is 0 Å². The molecule has 0 bridgehead atoms. The fraction of sp³-hybridized carbons (Fsp3) is 0.600. The molecule has 1 aliphatic carbocycles. The summed E-state index contributed by atoms with van der Waals surface area (Å²) in [5.41, 5.74) is 3.30. The molecule has 0 atom stereocenters. The van der Waals surface area contributed by atoms with Gasteiger partial charge in [-0.2, -0.15) is 11.1 Å². The van der Waals surface area contributed by atoms with Gasteiger partial charge in [-0.05, 0) is 0 Å². The third-order valence-corrected chi connectivity index (χ3v) is 3.82. The monoisotopic (exact) mass is 223 g/mol. The normalized spacial score (nSPS) is 17.1. The first-order valence-corrected chi connectivity index (χ1v) is 6.76. The second kappa shape index (κ2) is 5.77. The van der Waals surface area contributed by atoms with Crippen molar-refractivity contribution in [2.45, 2.75) is 39.7 Å². The Morgan fingerprint density at radius 3 is 2.42 bits per heavy atom. The van der Waals surface area contributed by atoms with Crippen LogP contribution in [0.2, 0.25) is 6.55 Å². The molecule has 0 fully saturated rings. The van der Waals surface area contributed by atoms with Crippen LogP contribution in [0, 0.1) is 6.08 Å². The molecular weight excluding hydrogens is 207 g/mol. The van der Waals surface area contributed by atoms with Gasteiger partial charge in [0.05, 0.1) is 0 Å². The SMILES string of the molecule is CCC1=C(CC)C([SiH2]C)=[C-]C1.[Ni]. The maximum absolute atomic E-state index is 3.51. The maximum atomic E-state index is 3.51. The largest absolute Gasteiger partial charge is 0.274 e. The van der Waals surface area contributed by atoms with Crippen LogP contribution in [-0.2, 0) is 16.5 Å². The van der Waals surface area contributed by atoms with Crippen LogP contribution in [0.3, 0.4) is 0 Å². The van der Waals surface area contributed by atoms with Gasteiger partial charge in [0.15, 0.2) is 0 Å². The maximum Gasteiger partial charge on any atom is 0.0120 e. The molecule has 0 nitrogen and oxygen atoms in total. The molecule has 0 amide bonds. The summed E-state index contributed by atoms with van der Waals surface area (Å²) in [4.78, 5) is 0. The van der Waals surface area contributed by atoms with Crippen molar-refractivity contribution in [3.8, 4) is 0 Å². The van der Waals surface area contributed by atoms with Crippen molar-refractivity contribution >= 4 is 9.52 Å².